The highest BCUT2D eigenvalue weighted by Crippen LogP contribution is 2.47. The number of alkyl halides is 3. The lowest BCUT2D eigenvalue weighted by atomic mass is 9.84. The first kappa shape index (κ1) is 40.0. The average Bonchev–Trinajstić information content (AvgIpc) is 3.34. The molecule has 1 amide bonds. The van der Waals surface area contributed by atoms with Crippen LogP contribution in [-0.2, 0) is 21.4 Å². The number of fused-ring (bicyclic) bond motifs is 1. The summed E-state index contributed by atoms with van der Waals surface area (Å²) in [6.45, 7) is 11.0. The molecule has 4 N–H and O–H groups in total. The predicted molar refractivity (Wildman–Crippen MR) is 175 cm³/mol. The van der Waals surface area contributed by atoms with Crippen molar-refractivity contribution in [2.24, 2.45) is 0 Å². The van der Waals surface area contributed by atoms with Crippen molar-refractivity contribution < 1.29 is 57.1 Å². The smallest absolute Gasteiger partial charge is 0.490 e. The van der Waals surface area contributed by atoms with Gasteiger partial charge < -0.3 is 39.7 Å². The Kier molecular flexibility index (Phi) is 12.4. The van der Waals surface area contributed by atoms with E-state index in [2.05, 4.69) is 31.0 Å². The van der Waals surface area contributed by atoms with Gasteiger partial charge in [0.15, 0.2) is 5.60 Å². The van der Waals surface area contributed by atoms with Crippen molar-refractivity contribution >= 4 is 41.0 Å². The number of rotatable bonds is 9. The number of aliphatic carboxylic acids is 2. The minimum Gasteiger partial charge on any atom is -0.490 e. The lowest BCUT2D eigenvalue weighted by molar-refractivity contribution is -0.192. The van der Waals surface area contributed by atoms with Gasteiger partial charge in [0.2, 0.25) is 0 Å². The first-order chi connectivity index (χ1) is 22.5. The molecule has 2 aliphatic heterocycles. The number of halogens is 5. The minimum absolute atomic E-state index is 0.0519. The summed E-state index contributed by atoms with van der Waals surface area (Å²) in [4.78, 5) is 35.1. The molecule has 272 valence electrons. The number of β-amino-alcohol motifs (C(OH)–C–C–N with tert-alkyl or cyclic N) is 1. The van der Waals surface area contributed by atoms with Gasteiger partial charge in [0, 0.05) is 62.6 Å². The third kappa shape index (κ3) is 10.3. The molecule has 1 spiro atoms. The molecule has 0 bridgehead atoms. The van der Waals surface area contributed by atoms with Gasteiger partial charge in [0.1, 0.15) is 35.6 Å². The molecule has 0 radical (unpaired) electrons. The van der Waals surface area contributed by atoms with E-state index in [1.165, 1.54) is 33.0 Å². The van der Waals surface area contributed by atoms with Crippen LogP contribution in [-0.4, -0.2) is 94.8 Å². The van der Waals surface area contributed by atoms with E-state index in [-0.39, 0.29) is 39.7 Å². The Morgan fingerprint density at radius 1 is 1.00 bits per heavy atom. The number of aliphatic hydroxyl groups excluding tert-OH is 1. The van der Waals surface area contributed by atoms with Crippen LogP contribution in [0.15, 0.2) is 24.3 Å². The zero-order chi connectivity index (χ0) is 37.1. The lowest BCUT2D eigenvalue weighted by Crippen LogP contribution is -2.49. The molecule has 0 aliphatic carbocycles. The number of aliphatic hydroxyl groups is 1. The van der Waals surface area contributed by atoms with E-state index >= 15 is 0 Å². The Bertz CT molecular complexity index is 1550. The first-order valence-corrected chi connectivity index (χ1v) is 16.1. The third-order valence-corrected chi connectivity index (χ3v) is 8.58. The average molecular weight is 738 g/mol. The van der Waals surface area contributed by atoms with Crippen molar-refractivity contribution in [3.63, 3.8) is 0 Å². The van der Waals surface area contributed by atoms with Crippen LogP contribution in [0.3, 0.4) is 0 Å². The van der Waals surface area contributed by atoms with Crippen LogP contribution in [0.25, 0.3) is 0 Å². The monoisotopic (exact) mass is 736 g/mol. The quantitative estimate of drug-likeness (QED) is 0.251. The van der Waals surface area contributed by atoms with Gasteiger partial charge in [0.05, 0.1) is 10.6 Å². The molecule has 0 unspecified atom stereocenters. The van der Waals surface area contributed by atoms with E-state index in [4.69, 9.17) is 47.3 Å². The van der Waals surface area contributed by atoms with Crippen LogP contribution in [0.2, 0.25) is 10.0 Å². The Labute approximate surface area is 292 Å². The minimum atomic E-state index is -5.08. The molecule has 4 rings (SSSR count). The van der Waals surface area contributed by atoms with Crippen molar-refractivity contribution in [3.8, 4) is 17.2 Å². The Morgan fingerprint density at radius 2 is 1.59 bits per heavy atom. The molecule has 2 aromatic rings. The second-order valence-electron chi connectivity index (χ2n) is 13.5. The zero-order valence-corrected chi connectivity index (χ0v) is 29.5. The van der Waals surface area contributed by atoms with Crippen LogP contribution in [0.5, 0.6) is 17.2 Å². The summed E-state index contributed by atoms with van der Waals surface area (Å²) in [5.41, 5.74) is 0.478. The zero-order valence-electron chi connectivity index (χ0n) is 28.0. The molecule has 1 atom stereocenters. The number of amides is 1. The molecule has 16 heteroatoms. The van der Waals surface area contributed by atoms with Crippen LogP contribution in [0, 0.1) is 0 Å². The number of likely N-dealkylation sites (tertiary alicyclic amines) is 1. The molecule has 1 saturated heterocycles. The molecular weight excluding hydrogens is 696 g/mol. The van der Waals surface area contributed by atoms with Crippen LogP contribution < -0.4 is 19.5 Å². The fourth-order valence-corrected chi connectivity index (χ4v) is 5.82. The number of ether oxygens (including phenoxy) is 3. The fourth-order valence-electron chi connectivity index (χ4n) is 5.38. The van der Waals surface area contributed by atoms with Gasteiger partial charge in [-0.2, -0.15) is 13.2 Å². The largest absolute Gasteiger partial charge is 0.490 e. The molecule has 2 aromatic carbocycles. The van der Waals surface area contributed by atoms with Crippen LogP contribution >= 0.6 is 23.2 Å². The van der Waals surface area contributed by atoms with Gasteiger partial charge in [-0.05, 0) is 43.0 Å². The van der Waals surface area contributed by atoms with Crippen molar-refractivity contribution in [2.45, 2.75) is 82.8 Å². The fraction of sp³-hybridized carbons (Fsp3) is 0.545. The Balaban J connectivity index is 0.000000838. The van der Waals surface area contributed by atoms with Gasteiger partial charge >= 0.3 is 18.1 Å². The topological polar surface area (TPSA) is 155 Å². The number of hydrogen-bond donors (Lipinski definition) is 4. The first-order valence-electron chi connectivity index (χ1n) is 15.3. The summed E-state index contributed by atoms with van der Waals surface area (Å²) < 4.78 is 49.9. The summed E-state index contributed by atoms with van der Waals surface area (Å²) in [7, 11) is 1.47. The van der Waals surface area contributed by atoms with Gasteiger partial charge in [0.25, 0.3) is 5.91 Å². The molecule has 2 aliphatic rings. The van der Waals surface area contributed by atoms with Crippen molar-refractivity contribution in [1.82, 2.24) is 10.2 Å². The molecule has 11 nitrogen and oxygen atoms in total. The maximum absolute atomic E-state index is 12.5. The van der Waals surface area contributed by atoms with Crippen molar-refractivity contribution in [3.05, 3.63) is 51.0 Å². The number of nitrogens with zero attached hydrogens (tertiary/aromatic N) is 1. The summed E-state index contributed by atoms with van der Waals surface area (Å²) in [6, 6.07) is 6.75. The number of carboxylic acid groups (broad SMARTS) is 2. The van der Waals surface area contributed by atoms with E-state index < -0.39 is 35.7 Å². The molecule has 2 heterocycles. The standard InChI is InChI=1S/C31H40Cl2N2O7.C2HF3O2/c1-29(2,3)22-12-19(32)11-18-15-31(42-26(18)22)7-9-35(10-8-31)16-20(36)17-40-24-14-25(41-30(4,5)28(38)39)23(33)13-21(24)27(37)34-6;3-2(4,5)1(6)7/h11-14,20,36H,7-10,15-17H2,1-6H3,(H,34,37)(H,38,39);(H,6,7)/t20-;/m0./s1. The van der Waals surface area contributed by atoms with Gasteiger partial charge in [-0.25, -0.2) is 9.59 Å². The number of piperidine rings is 1. The number of nitrogens with one attached hydrogen (secondary N) is 1. The second-order valence-corrected chi connectivity index (χ2v) is 14.3. The number of carbonyl (C=O) groups excluding carboxylic acids is 1. The highest BCUT2D eigenvalue weighted by atomic mass is 35.5. The van der Waals surface area contributed by atoms with Crippen LogP contribution in [0.4, 0.5) is 13.2 Å². The highest BCUT2D eigenvalue weighted by molar-refractivity contribution is 6.32. The molecule has 1 fully saturated rings. The van der Waals surface area contributed by atoms with E-state index in [0.29, 0.717) is 6.54 Å². The Morgan fingerprint density at radius 3 is 2.10 bits per heavy atom. The maximum Gasteiger partial charge on any atom is 0.490 e. The number of carboxylic acids is 2. The SMILES string of the molecule is CNC(=O)c1cc(Cl)c(OC(C)(C)C(=O)O)cc1OC[C@@H](O)CN1CCC2(CC1)Cc1cc(Cl)cc(C(C)(C)C)c1O2.O=C(O)C(F)(F)F. The van der Waals surface area contributed by atoms with E-state index in [1.54, 1.807) is 0 Å². The lowest BCUT2D eigenvalue weighted by Gasteiger charge is -2.39. The number of benzene rings is 2. The summed E-state index contributed by atoms with van der Waals surface area (Å²) >= 11 is 12.7. The normalized spacial score (nSPS) is 16.5. The molecule has 49 heavy (non-hydrogen) atoms. The molecular formula is C33H41Cl2F3N2O9. The Hall–Kier alpha value is -3.46. The van der Waals surface area contributed by atoms with E-state index in [0.717, 1.165) is 54.3 Å². The molecule has 0 aromatic heterocycles. The van der Waals surface area contributed by atoms with E-state index in [1.807, 2.05) is 12.1 Å². The van der Waals surface area contributed by atoms with Gasteiger partial charge in [-0.1, -0.05) is 44.0 Å². The maximum atomic E-state index is 12.5. The molecule has 0 saturated carbocycles. The van der Waals surface area contributed by atoms with Crippen LogP contribution in [0.1, 0.15) is 68.9 Å². The summed E-state index contributed by atoms with van der Waals surface area (Å²) in [6.07, 6.45) is -3.49. The summed E-state index contributed by atoms with van der Waals surface area (Å²) in [5, 5.41) is 30.7. The number of hydrogen-bond acceptors (Lipinski definition) is 8. The van der Waals surface area contributed by atoms with Gasteiger partial charge in [-0.3, -0.25) is 4.79 Å². The highest BCUT2D eigenvalue weighted by Gasteiger charge is 2.44. The predicted octanol–water partition coefficient (Wildman–Crippen LogP) is 5.74. The van der Waals surface area contributed by atoms with Gasteiger partial charge in [-0.15, -0.1) is 0 Å². The van der Waals surface area contributed by atoms with E-state index in [9.17, 15) is 33.0 Å². The van der Waals surface area contributed by atoms with Crippen molar-refractivity contribution in [2.75, 3.05) is 33.3 Å². The third-order valence-electron chi connectivity index (χ3n) is 8.07. The summed E-state index contributed by atoms with van der Waals surface area (Å²) in [5.74, 6) is -3.25. The number of carbonyl (C=O) groups is 3. The second kappa shape index (κ2) is 15.2. The van der Waals surface area contributed by atoms with Crippen molar-refractivity contribution in [1.29, 1.82) is 0 Å².